The minimum Gasteiger partial charge on any atom is -1.00 e. The Morgan fingerprint density at radius 3 is 1.17 bits per heavy atom. The predicted molar refractivity (Wildman–Crippen MR) is 309 cm³/mol. The molecule has 77 heavy (non-hydrogen) atoms. The van der Waals surface area contributed by atoms with Crippen molar-refractivity contribution in [1.29, 1.82) is 0 Å². The molecule has 0 saturated carbocycles. The van der Waals surface area contributed by atoms with Crippen LogP contribution in [0.1, 0.15) is 152 Å². The van der Waals surface area contributed by atoms with Crippen molar-refractivity contribution in [3.05, 3.63) is 117 Å². The zero-order chi connectivity index (χ0) is 57.1. The van der Waals surface area contributed by atoms with Gasteiger partial charge in [-0.3, -0.25) is 4.79 Å². The van der Waals surface area contributed by atoms with E-state index in [1.54, 1.807) is 72.7 Å². The molecule has 0 spiro atoms. The van der Waals surface area contributed by atoms with Crippen LogP contribution < -0.4 is 179 Å². The minimum atomic E-state index is -0.949. The minimum absolute atomic E-state index is 0. The van der Waals surface area contributed by atoms with E-state index in [0.717, 1.165) is 82.1 Å². The summed E-state index contributed by atoms with van der Waals surface area (Å²) in [6.07, 6.45) is 22.5. The smallest absolute Gasteiger partial charge is 1.00 e. The summed E-state index contributed by atoms with van der Waals surface area (Å²) >= 11 is 12.0. The van der Waals surface area contributed by atoms with Gasteiger partial charge in [0.1, 0.15) is 34.2 Å². The number of phenols is 1. The Morgan fingerprint density at radius 2 is 0.909 bits per heavy atom. The van der Waals surface area contributed by atoms with Gasteiger partial charge in [0.25, 0.3) is 6.47 Å². The molecular formula is C60H86Br2ClK3O11. The summed E-state index contributed by atoms with van der Waals surface area (Å²) in [7, 11) is 0. The SMILES string of the molecule is C#CC(C)(C)O.C#Cc1ccc(OCCCCO)cc1.CC(C)(C)[O-].CCCCCCl.CCCCCOc1ccc(Br)cc1.CCCCCOc1ccc(C#CC(C)(C)O)cc1.O=CO[O-].Oc1ccc(Br)cc1.[H-].[K+].[K+].[K+]. The van der Waals surface area contributed by atoms with Crippen molar-refractivity contribution in [2.75, 3.05) is 32.3 Å². The number of halogens is 3. The molecule has 4 aromatic rings. The number of unbranched alkanes of at least 4 members (excludes halogenated alkanes) is 7. The van der Waals surface area contributed by atoms with Crippen LogP contribution in [-0.4, -0.2) is 76.0 Å². The Labute approximate surface area is 615 Å². The molecule has 0 aliphatic heterocycles. The van der Waals surface area contributed by atoms with Gasteiger partial charge in [-0.05, 0) is 157 Å². The number of aliphatic hydroxyl groups excluding tert-OH is 1. The molecule has 0 unspecified atom stereocenters. The molecule has 0 aliphatic rings. The Hall–Kier alpha value is 0.189. The van der Waals surface area contributed by atoms with E-state index in [9.17, 15) is 10.2 Å². The standard InChI is InChI=1S/C16H22O2.C12H14O2.C11H15BrO.C6H5BrO.C5H11Cl.C5H8O.C4H9O.CH2O3.3K.H/c1-4-5-6-13-18-15-9-7-14(8-10-15)11-12-16(2,3)17;1-2-11-5-7-12(8-6-11)14-10-4-3-9-13;1-2-3-4-9-13-11-7-5-10(12)6-8-11;7-5-1-3-6(8)4-2-5;1-2-3-4-5-6;1-4-5(2,3)6;1-4(2,3)5;2-1-4-3;;;;/h7-10,17H,4-6,13H2,1-3H3;1,5-8,13H,3-4,9-10H2;5-8H,2-4,9H2,1H3;1-4,8H;2-5H2,1H3;1,6H,2-3H3;1-3H3;1,3H;;;;/q;;;;;;-1;;3*+1;-1/p-1. The monoisotopic (exact) mass is 1290 g/mol. The molecule has 0 radical (unpaired) electrons. The molecule has 11 nitrogen and oxygen atoms in total. The van der Waals surface area contributed by atoms with Crippen LogP contribution in [0.2, 0.25) is 0 Å². The zero-order valence-corrected chi connectivity index (χ0v) is 61.9. The third-order valence-electron chi connectivity index (χ3n) is 8.01. The van der Waals surface area contributed by atoms with Crippen molar-refractivity contribution in [3.63, 3.8) is 0 Å². The van der Waals surface area contributed by atoms with Crippen molar-refractivity contribution in [2.45, 2.75) is 157 Å². The molecule has 4 rings (SSSR count). The van der Waals surface area contributed by atoms with E-state index in [-0.39, 0.29) is 169 Å². The number of alkyl halides is 1. The maximum atomic E-state index is 10.1. The number of terminal acetylenes is 2. The maximum Gasteiger partial charge on any atom is 1.00 e. The van der Waals surface area contributed by atoms with Crippen molar-refractivity contribution in [3.8, 4) is 59.5 Å². The van der Waals surface area contributed by atoms with Crippen LogP contribution >= 0.6 is 43.5 Å². The van der Waals surface area contributed by atoms with Gasteiger partial charge >= 0.3 is 154 Å². The van der Waals surface area contributed by atoms with E-state index >= 15 is 0 Å². The average Bonchev–Trinajstić information content (AvgIpc) is 3.36. The van der Waals surface area contributed by atoms with Gasteiger partial charge in [0, 0.05) is 32.6 Å². The summed E-state index contributed by atoms with van der Waals surface area (Å²) in [6, 6.07) is 29.8. The van der Waals surface area contributed by atoms with Crippen LogP contribution in [0.5, 0.6) is 23.0 Å². The van der Waals surface area contributed by atoms with E-state index in [4.69, 9.17) is 64.0 Å². The largest absolute Gasteiger partial charge is 1.00 e. The van der Waals surface area contributed by atoms with Gasteiger partial charge in [0.2, 0.25) is 0 Å². The number of aliphatic hydroxyl groups is 3. The van der Waals surface area contributed by atoms with Crippen LogP contribution in [-0.2, 0) is 9.68 Å². The first kappa shape index (κ1) is 90.9. The third-order valence-corrected chi connectivity index (χ3v) is 9.34. The van der Waals surface area contributed by atoms with Gasteiger partial charge in [-0.15, -0.1) is 30.0 Å². The molecule has 0 bridgehead atoms. The van der Waals surface area contributed by atoms with Crippen molar-refractivity contribution >= 4 is 49.9 Å². The molecule has 0 atom stereocenters. The van der Waals surface area contributed by atoms with Gasteiger partial charge in [-0.25, -0.2) is 0 Å². The number of hydrogen-bond acceptors (Lipinski definition) is 11. The van der Waals surface area contributed by atoms with Gasteiger partial charge in [-0.1, -0.05) is 136 Å². The number of hydrogen-bond donors (Lipinski definition) is 4. The van der Waals surface area contributed by atoms with Crippen molar-refractivity contribution < 1.29 is 210 Å². The molecule has 17 heteroatoms. The Balaban J connectivity index is -0.000000125. The summed E-state index contributed by atoms with van der Waals surface area (Å²) in [4.78, 5) is 11.2. The Kier molecular flexibility index (Phi) is 73.5. The molecule has 0 amide bonds. The average molecular weight is 1300 g/mol. The van der Waals surface area contributed by atoms with Crippen LogP contribution in [0.4, 0.5) is 0 Å². The van der Waals surface area contributed by atoms with Crippen LogP contribution in [0.15, 0.2) is 106 Å². The normalized spacial score (nSPS) is 9.40. The zero-order valence-electron chi connectivity index (χ0n) is 49.6. The van der Waals surface area contributed by atoms with Gasteiger partial charge in [0.15, 0.2) is 0 Å². The molecule has 416 valence electrons. The number of carbonyl (C=O) groups excluding carboxylic acids is 1. The fourth-order valence-electron chi connectivity index (χ4n) is 4.31. The summed E-state index contributed by atoms with van der Waals surface area (Å²) in [5.41, 5.74) is -0.888. The summed E-state index contributed by atoms with van der Waals surface area (Å²) in [6.45, 7) is 20.2. The first-order valence-corrected chi connectivity index (χ1v) is 26.8. The molecule has 4 N–H and O–H groups in total. The number of rotatable bonds is 19. The second-order valence-corrected chi connectivity index (χ2v) is 19.9. The summed E-state index contributed by atoms with van der Waals surface area (Å²) in [5, 5.41) is 53.9. The third kappa shape index (κ3) is 78.3. The van der Waals surface area contributed by atoms with Crippen LogP contribution in [0, 0.1) is 36.5 Å². The van der Waals surface area contributed by atoms with E-state index in [1.807, 2.05) is 72.8 Å². The first-order valence-electron chi connectivity index (χ1n) is 24.7. The van der Waals surface area contributed by atoms with Gasteiger partial charge < -0.3 is 51.3 Å². The number of phenolic OH excluding ortho intramolecular Hbond substituents is 1. The molecule has 0 fully saturated rings. The molecule has 0 heterocycles. The fourth-order valence-corrected chi connectivity index (χ4v) is 5.03. The van der Waals surface area contributed by atoms with Gasteiger partial charge in [-0.2, -0.15) is 0 Å². The Bertz CT molecular complexity index is 2010. The molecule has 4 aromatic carbocycles. The molecular weight excluding hydrogens is 1210 g/mol. The topological polar surface area (TPSA) is 181 Å². The number of aromatic hydroxyl groups is 1. The van der Waals surface area contributed by atoms with Crippen molar-refractivity contribution in [2.24, 2.45) is 0 Å². The second kappa shape index (κ2) is 62.2. The number of carbonyl (C=O) groups is 1. The van der Waals surface area contributed by atoms with Crippen molar-refractivity contribution in [1.82, 2.24) is 0 Å². The molecule has 0 aliphatic carbocycles. The fraction of sp³-hybridized carbons (Fsp3) is 0.483. The maximum absolute atomic E-state index is 10.1. The van der Waals surface area contributed by atoms with Crippen LogP contribution in [0.3, 0.4) is 0 Å². The van der Waals surface area contributed by atoms with E-state index in [1.165, 1.54) is 44.9 Å². The second-order valence-electron chi connectivity index (χ2n) is 17.7. The Morgan fingerprint density at radius 1 is 0.597 bits per heavy atom. The first-order chi connectivity index (χ1) is 34.9. The van der Waals surface area contributed by atoms with E-state index in [2.05, 4.69) is 81.2 Å². The van der Waals surface area contributed by atoms with Crippen LogP contribution in [0.25, 0.3) is 0 Å². The number of ether oxygens (including phenoxy) is 3. The van der Waals surface area contributed by atoms with E-state index in [0.29, 0.717) is 12.4 Å². The molecule has 0 saturated heterocycles. The number of benzene rings is 4. The molecule has 0 aromatic heterocycles. The summed E-state index contributed by atoms with van der Waals surface area (Å²) in [5.74, 6) is 14.2. The van der Waals surface area contributed by atoms with E-state index < -0.39 is 16.8 Å². The quantitative estimate of drug-likeness (QED) is 0.0204. The summed E-state index contributed by atoms with van der Waals surface area (Å²) < 4.78 is 18.7. The van der Waals surface area contributed by atoms with Gasteiger partial charge in [0.05, 0.1) is 19.8 Å². The predicted octanol–water partition coefficient (Wildman–Crippen LogP) is 3.88.